The lowest BCUT2D eigenvalue weighted by Gasteiger charge is -2.18. The van der Waals surface area contributed by atoms with E-state index in [0.717, 1.165) is 5.69 Å². The number of nitrogens with one attached hydrogen (secondary N) is 1. The predicted molar refractivity (Wildman–Crippen MR) is 86.7 cm³/mol. The van der Waals surface area contributed by atoms with Crippen molar-refractivity contribution in [2.45, 2.75) is 6.92 Å². The van der Waals surface area contributed by atoms with Crippen LogP contribution in [-0.2, 0) is 0 Å². The molecule has 1 aromatic heterocycles. The molecule has 0 spiro atoms. The number of carbonyl (C=O) groups is 1. The topological polar surface area (TPSA) is 62.5 Å². The third kappa shape index (κ3) is 2.87. The maximum absolute atomic E-state index is 12.3. The van der Waals surface area contributed by atoms with E-state index in [2.05, 4.69) is 15.4 Å². The van der Waals surface area contributed by atoms with E-state index >= 15 is 0 Å². The summed E-state index contributed by atoms with van der Waals surface area (Å²) in [6.07, 6.45) is 5.03. The molecule has 0 aliphatic carbocycles. The molecule has 6 nitrogen and oxygen atoms in total. The smallest absolute Gasteiger partial charge is 0.292 e. The average molecular weight is 316 g/mol. The van der Waals surface area contributed by atoms with Gasteiger partial charge in [-0.1, -0.05) is 23.7 Å². The second kappa shape index (κ2) is 6.03. The second-order valence-electron chi connectivity index (χ2n) is 4.75. The van der Waals surface area contributed by atoms with Gasteiger partial charge in [-0.3, -0.25) is 15.2 Å². The first-order chi connectivity index (χ1) is 10.6. The van der Waals surface area contributed by atoms with Crippen LogP contribution in [0.15, 0.2) is 47.6 Å². The molecule has 0 saturated carbocycles. The molecule has 0 unspecified atom stereocenters. The largest absolute Gasteiger partial charge is 0.328 e. The van der Waals surface area contributed by atoms with Crippen molar-refractivity contribution in [1.29, 1.82) is 0 Å². The molecule has 7 heteroatoms. The number of hydrogen-bond acceptors (Lipinski definition) is 3. The fourth-order valence-corrected chi connectivity index (χ4v) is 2.31. The molecule has 2 amide bonds. The Morgan fingerprint density at radius 1 is 1.36 bits per heavy atom. The van der Waals surface area contributed by atoms with E-state index in [4.69, 9.17) is 11.6 Å². The van der Waals surface area contributed by atoms with E-state index in [9.17, 15) is 4.79 Å². The fraction of sp³-hybridized carbons (Fsp3) is 0.133. The highest BCUT2D eigenvalue weighted by Gasteiger charge is 2.16. The molecular weight excluding hydrogens is 302 g/mol. The Morgan fingerprint density at radius 2 is 2.18 bits per heavy atom. The summed E-state index contributed by atoms with van der Waals surface area (Å²) in [4.78, 5) is 17.8. The zero-order valence-corrected chi connectivity index (χ0v) is 12.7. The molecule has 3 rings (SSSR count). The number of allylic oxidation sites excluding steroid dienone is 1. The molecule has 1 aliphatic heterocycles. The van der Waals surface area contributed by atoms with E-state index in [0.29, 0.717) is 23.2 Å². The summed E-state index contributed by atoms with van der Waals surface area (Å²) in [5.74, 6) is 0.554. The van der Waals surface area contributed by atoms with Gasteiger partial charge in [0.05, 0.1) is 16.4 Å². The number of aryl methyl sites for hydroxylation is 1. The van der Waals surface area contributed by atoms with E-state index in [1.165, 1.54) is 4.90 Å². The fourth-order valence-electron chi connectivity index (χ4n) is 2.09. The Balaban J connectivity index is 1.89. The van der Waals surface area contributed by atoms with Crippen LogP contribution in [0, 0.1) is 6.92 Å². The van der Waals surface area contributed by atoms with Crippen molar-refractivity contribution in [3.8, 4) is 5.69 Å². The summed E-state index contributed by atoms with van der Waals surface area (Å²) in [6, 6.07) is 8.85. The van der Waals surface area contributed by atoms with Crippen molar-refractivity contribution < 1.29 is 4.79 Å². The number of urea groups is 1. The Kier molecular flexibility index (Phi) is 3.93. The Bertz CT molecular complexity index is 765. The number of para-hydroxylation sites is 1. The third-order valence-electron chi connectivity index (χ3n) is 3.10. The van der Waals surface area contributed by atoms with Crippen LogP contribution in [0.5, 0.6) is 0 Å². The number of hydrogen-bond donors (Lipinski definition) is 1. The molecule has 1 N–H and O–H groups in total. The number of halogens is 1. The first kappa shape index (κ1) is 14.3. The predicted octanol–water partition coefficient (Wildman–Crippen LogP) is 3.22. The molecule has 2 heterocycles. The molecule has 22 heavy (non-hydrogen) atoms. The zero-order valence-electron chi connectivity index (χ0n) is 11.9. The SMILES string of the molecule is Cc1cc(NC(=O)N2C=CC=NC2)n(-c2ccccc2Cl)n1. The molecule has 0 fully saturated rings. The van der Waals surface area contributed by atoms with Crippen molar-refractivity contribution in [1.82, 2.24) is 14.7 Å². The van der Waals surface area contributed by atoms with Gasteiger partial charge in [0.15, 0.2) is 0 Å². The van der Waals surface area contributed by atoms with E-state index < -0.39 is 0 Å². The molecule has 2 aromatic rings. The van der Waals surface area contributed by atoms with Crippen LogP contribution in [0.4, 0.5) is 10.6 Å². The van der Waals surface area contributed by atoms with Gasteiger partial charge in [0.1, 0.15) is 12.5 Å². The minimum Gasteiger partial charge on any atom is -0.292 e. The van der Waals surface area contributed by atoms with Gasteiger partial charge < -0.3 is 0 Å². The lowest BCUT2D eigenvalue weighted by atomic mass is 10.3. The molecule has 0 atom stereocenters. The quantitative estimate of drug-likeness (QED) is 0.924. The number of aromatic nitrogens is 2. The highest BCUT2D eigenvalue weighted by atomic mass is 35.5. The number of benzene rings is 1. The zero-order chi connectivity index (χ0) is 15.5. The van der Waals surface area contributed by atoms with Gasteiger partial charge in [0, 0.05) is 18.5 Å². The van der Waals surface area contributed by atoms with Gasteiger partial charge in [-0.25, -0.2) is 9.48 Å². The first-order valence-electron chi connectivity index (χ1n) is 6.71. The van der Waals surface area contributed by atoms with Crippen LogP contribution in [0.1, 0.15) is 5.69 Å². The Hall–Kier alpha value is -2.60. The van der Waals surface area contributed by atoms with Crippen LogP contribution in [-0.4, -0.2) is 33.6 Å². The minimum atomic E-state index is -0.277. The van der Waals surface area contributed by atoms with Crippen LogP contribution in [0.25, 0.3) is 5.69 Å². The van der Waals surface area contributed by atoms with Gasteiger partial charge in [-0.15, -0.1) is 0 Å². The number of amides is 2. The summed E-state index contributed by atoms with van der Waals surface area (Å²) in [5, 5.41) is 7.78. The summed E-state index contributed by atoms with van der Waals surface area (Å²) in [7, 11) is 0. The lowest BCUT2D eigenvalue weighted by molar-refractivity contribution is 0.229. The number of carbonyl (C=O) groups excluding carboxylic acids is 1. The van der Waals surface area contributed by atoms with Gasteiger partial charge in [-0.05, 0) is 25.1 Å². The monoisotopic (exact) mass is 315 g/mol. The van der Waals surface area contributed by atoms with Crippen molar-refractivity contribution in [3.05, 3.63) is 53.3 Å². The number of nitrogens with zero attached hydrogens (tertiary/aromatic N) is 4. The van der Waals surface area contributed by atoms with Crippen LogP contribution < -0.4 is 5.32 Å². The minimum absolute atomic E-state index is 0.277. The van der Waals surface area contributed by atoms with Crippen LogP contribution in [0.3, 0.4) is 0 Å². The van der Waals surface area contributed by atoms with Crippen molar-refractivity contribution in [2.24, 2.45) is 4.99 Å². The summed E-state index contributed by atoms with van der Waals surface area (Å²) >= 11 is 6.21. The van der Waals surface area contributed by atoms with Gasteiger partial charge >= 0.3 is 6.03 Å². The van der Waals surface area contributed by atoms with Crippen LogP contribution >= 0.6 is 11.6 Å². The molecule has 0 saturated heterocycles. The van der Waals surface area contributed by atoms with Crippen molar-refractivity contribution >= 4 is 29.7 Å². The van der Waals surface area contributed by atoms with E-state index in [1.807, 2.05) is 25.1 Å². The highest BCUT2D eigenvalue weighted by molar-refractivity contribution is 6.32. The average Bonchev–Trinajstić information content (AvgIpc) is 2.89. The maximum Gasteiger partial charge on any atom is 0.328 e. The summed E-state index contributed by atoms with van der Waals surface area (Å²) in [5.41, 5.74) is 1.49. The van der Waals surface area contributed by atoms with Gasteiger partial charge in [-0.2, -0.15) is 5.10 Å². The summed E-state index contributed by atoms with van der Waals surface area (Å²) in [6.45, 7) is 2.15. The standard InChI is InChI=1S/C15H14ClN5O/c1-11-9-14(18-15(22)20-8-4-7-17-10-20)21(19-11)13-6-3-2-5-12(13)16/h2-9H,10H2,1H3,(H,18,22). The lowest BCUT2D eigenvalue weighted by Crippen LogP contribution is -2.32. The molecule has 1 aromatic carbocycles. The third-order valence-corrected chi connectivity index (χ3v) is 3.42. The number of rotatable bonds is 2. The van der Waals surface area contributed by atoms with E-state index in [1.54, 1.807) is 35.3 Å². The number of aliphatic imine (C=N–C) groups is 1. The highest BCUT2D eigenvalue weighted by Crippen LogP contribution is 2.24. The van der Waals surface area contributed by atoms with Crippen LogP contribution in [0.2, 0.25) is 5.02 Å². The van der Waals surface area contributed by atoms with Gasteiger partial charge in [0.25, 0.3) is 0 Å². The molecule has 112 valence electrons. The molecule has 0 bridgehead atoms. The molecule has 1 aliphatic rings. The van der Waals surface area contributed by atoms with Gasteiger partial charge in [0.2, 0.25) is 0 Å². The number of anilines is 1. The second-order valence-corrected chi connectivity index (χ2v) is 5.16. The van der Waals surface area contributed by atoms with Crippen molar-refractivity contribution in [3.63, 3.8) is 0 Å². The van der Waals surface area contributed by atoms with Crippen molar-refractivity contribution in [2.75, 3.05) is 12.0 Å². The Labute approximate surface area is 132 Å². The molecule has 0 radical (unpaired) electrons. The van der Waals surface area contributed by atoms with E-state index in [-0.39, 0.29) is 6.03 Å². The summed E-state index contributed by atoms with van der Waals surface area (Å²) < 4.78 is 1.62. The first-order valence-corrected chi connectivity index (χ1v) is 7.09. The molecular formula is C15H14ClN5O. The normalized spacial score (nSPS) is 13.5. The maximum atomic E-state index is 12.3. The Morgan fingerprint density at radius 3 is 2.91 bits per heavy atom.